The zero-order valence-corrected chi connectivity index (χ0v) is 19.6. The van der Waals surface area contributed by atoms with E-state index in [9.17, 15) is 0 Å². The first-order valence-corrected chi connectivity index (χ1v) is 11.2. The molecule has 0 radical (unpaired) electrons. The zero-order valence-electron chi connectivity index (χ0n) is 19.6. The lowest BCUT2D eigenvalue weighted by molar-refractivity contribution is 0.520. The van der Waals surface area contributed by atoms with Gasteiger partial charge in [0.25, 0.3) is 0 Å². The van der Waals surface area contributed by atoms with Crippen LogP contribution in [0.15, 0.2) is 84.9 Å². The number of nitrogens with one attached hydrogen (secondary N) is 1. The minimum absolute atomic E-state index is 0.0326. The van der Waals surface area contributed by atoms with Crippen LogP contribution >= 0.6 is 0 Å². The van der Waals surface area contributed by atoms with Gasteiger partial charge in [-0.2, -0.15) is 0 Å². The molecular weight excluding hydrogens is 376 g/mol. The molecule has 4 rings (SSSR count). The van der Waals surface area contributed by atoms with Crippen molar-refractivity contribution in [3.63, 3.8) is 0 Å². The van der Waals surface area contributed by atoms with E-state index < -0.39 is 0 Å². The molecule has 1 atom stereocenters. The molecule has 3 aromatic carbocycles. The Balaban J connectivity index is 1.92. The van der Waals surface area contributed by atoms with Crippen molar-refractivity contribution < 1.29 is 0 Å². The summed E-state index contributed by atoms with van der Waals surface area (Å²) in [4.78, 5) is 0. The van der Waals surface area contributed by atoms with Crippen molar-refractivity contribution in [2.75, 3.05) is 5.01 Å². The van der Waals surface area contributed by atoms with E-state index in [1.807, 2.05) is 0 Å². The van der Waals surface area contributed by atoms with E-state index in [1.54, 1.807) is 0 Å². The number of nitrogens with zero attached hydrogens (tertiary/aromatic N) is 1. The van der Waals surface area contributed by atoms with Crippen molar-refractivity contribution in [1.29, 1.82) is 0 Å². The van der Waals surface area contributed by atoms with Crippen LogP contribution < -0.4 is 10.4 Å². The Morgan fingerprint density at radius 2 is 1.29 bits per heavy atom. The summed E-state index contributed by atoms with van der Waals surface area (Å²) in [5.41, 5.74) is 11.6. The van der Waals surface area contributed by atoms with Crippen molar-refractivity contribution >= 4 is 11.4 Å². The Morgan fingerprint density at radius 1 is 0.677 bits per heavy atom. The van der Waals surface area contributed by atoms with Crippen molar-refractivity contribution in [2.24, 2.45) is 0 Å². The highest BCUT2D eigenvalue weighted by Crippen LogP contribution is 2.43. The number of hydrogen-bond acceptors (Lipinski definition) is 2. The first-order chi connectivity index (χ1) is 14.7. The predicted molar refractivity (Wildman–Crippen MR) is 133 cm³/mol. The number of hydrazine groups is 1. The quantitative estimate of drug-likeness (QED) is 0.484. The summed E-state index contributed by atoms with van der Waals surface area (Å²) in [5.74, 6) is 0. The predicted octanol–water partition coefficient (Wildman–Crippen LogP) is 7.39. The molecule has 0 saturated heterocycles. The van der Waals surface area contributed by atoms with Crippen LogP contribution in [0.3, 0.4) is 0 Å². The molecule has 0 amide bonds. The van der Waals surface area contributed by atoms with Gasteiger partial charge in [-0.05, 0) is 51.3 Å². The monoisotopic (exact) mass is 410 g/mol. The lowest BCUT2D eigenvalue weighted by Gasteiger charge is -2.36. The average molecular weight is 411 g/mol. The van der Waals surface area contributed by atoms with Gasteiger partial charge in [-0.1, -0.05) is 108 Å². The van der Waals surface area contributed by atoms with Crippen LogP contribution in [-0.2, 0) is 10.8 Å². The lowest BCUT2D eigenvalue weighted by atomic mass is 9.72. The molecule has 2 heteroatoms. The third kappa shape index (κ3) is 4.25. The van der Waals surface area contributed by atoms with E-state index in [1.165, 1.54) is 22.3 Å². The Morgan fingerprint density at radius 3 is 1.87 bits per heavy atom. The summed E-state index contributed by atoms with van der Waals surface area (Å²) in [6.07, 6.45) is 2.37. The molecule has 1 aliphatic heterocycles. The van der Waals surface area contributed by atoms with Gasteiger partial charge in [0, 0.05) is 0 Å². The maximum atomic E-state index is 3.70. The van der Waals surface area contributed by atoms with Crippen molar-refractivity contribution in [2.45, 2.75) is 58.4 Å². The molecule has 0 bridgehead atoms. The fourth-order valence-corrected chi connectivity index (χ4v) is 4.57. The van der Waals surface area contributed by atoms with Crippen molar-refractivity contribution in [3.8, 4) is 0 Å². The van der Waals surface area contributed by atoms with Crippen molar-refractivity contribution in [1.82, 2.24) is 5.43 Å². The normalized spacial score (nSPS) is 16.8. The number of benzene rings is 3. The minimum atomic E-state index is 0.0326. The van der Waals surface area contributed by atoms with Gasteiger partial charge in [0.1, 0.15) is 0 Å². The Kier molecular flexibility index (Phi) is 5.43. The van der Waals surface area contributed by atoms with Crippen LogP contribution in [-0.4, -0.2) is 0 Å². The van der Waals surface area contributed by atoms with E-state index in [2.05, 4.69) is 137 Å². The van der Waals surface area contributed by atoms with Crippen LogP contribution in [0.25, 0.3) is 5.70 Å². The fourth-order valence-electron chi connectivity index (χ4n) is 4.57. The van der Waals surface area contributed by atoms with Gasteiger partial charge in [0.2, 0.25) is 0 Å². The van der Waals surface area contributed by atoms with Gasteiger partial charge in [-0.25, -0.2) is 0 Å². The zero-order chi connectivity index (χ0) is 22.2. The van der Waals surface area contributed by atoms with Gasteiger partial charge in [0.05, 0.1) is 17.4 Å². The molecule has 2 nitrogen and oxygen atoms in total. The first kappa shape index (κ1) is 21.2. The smallest absolute Gasteiger partial charge is 0.0961 e. The molecule has 0 spiro atoms. The fraction of sp³-hybridized carbons (Fsp3) is 0.310. The summed E-state index contributed by atoms with van der Waals surface area (Å²) < 4.78 is 0. The third-order valence-electron chi connectivity index (χ3n) is 5.94. The first-order valence-electron chi connectivity index (χ1n) is 11.2. The standard InChI is InChI=1S/C29H34N2/c1-28(2,3)24-19-13-18-23(27(24)29(4,5)6)26-20-25(21-14-9-7-10-15-21)30-31(26)22-16-11-8-12-17-22/h7-20,26,30H,1-6H3. The number of rotatable bonds is 3. The molecule has 3 aromatic rings. The molecule has 0 fully saturated rings. The molecule has 160 valence electrons. The van der Waals surface area contributed by atoms with Crippen LogP contribution in [0.5, 0.6) is 0 Å². The number of hydrogen-bond donors (Lipinski definition) is 1. The van der Waals surface area contributed by atoms with Gasteiger partial charge in [0.15, 0.2) is 0 Å². The lowest BCUT2D eigenvalue weighted by Crippen LogP contribution is -2.35. The summed E-state index contributed by atoms with van der Waals surface area (Å²) in [6, 6.07) is 28.2. The second-order valence-electron chi connectivity index (χ2n) is 10.5. The third-order valence-corrected chi connectivity index (χ3v) is 5.94. The molecule has 0 saturated carbocycles. The minimum Gasteiger partial charge on any atom is -0.297 e. The number of para-hydroxylation sites is 1. The molecular formula is C29H34N2. The summed E-state index contributed by atoms with van der Waals surface area (Å²) >= 11 is 0. The SMILES string of the molecule is CC(C)(C)c1cccc(C2C=C(c3ccccc3)NN2c2ccccc2)c1C(C)(C)C. The Labute approximate surface area is 187 Å². The Hall–Kier alpha value is -3.00. The highest BCUT2D eigenvalue weighted by atomic mass is 15.5. The van der Waals surface area contributed by atoms with Crippen LogP contribution in [0, 0.1) is 0 Å². The van der Waals surface area contributed by atoms with E-state index in [0.29, 0.717) is 0 Å². The van der Waals surface area contributed by atoms with Crippen LogP contribution in [0.1, 0.15) is 69.8 Å². The van der Waals surface area contributed by atoms with Gasteiger partial charge in [-0.3, -0.25) is 10.4 Å². The summed E-state index contributed by atoms with van der Waals surface area (Å²) in [5, 5.41) is 2.30. The highest BCUT2D eigenvalue weighted by Gasteiger charge is 2.34. The van der Waals surface area contributed by atoms with Crippen LogP contribution in [0.2, 0.25) is 0 Å². The largest absolute Gasteiger partial charge is 0.297 e. The van der Waals surface area contributed by atoms with Crippen molar-refractivity contribution in [3.05, 3.63) is 107 Å². The van der Waals surface area contributed by atoms with Gasteiger partial charge >= 0.3 is 0 Å². The van der Waals surface area contributed by atoms with E-state index in [-0.39, 0.29) is 16.9 Å². The molecule has 0 aliphatic carbocycles. The second-order valence-corrected chi connectivity index (χ2v) is 10.5. The topological polar surface area (TPSA) is 15.3 Å². The van der Waals surface area contributed by atoms with E-state index in [4.69, 9.17) is 0 Å². The second kappa shape index (κ2) is 7.92. The molecule has 1 N–H and O–H groups in total. The number of anilines is 1. The van der Waals surface area contributed by atoms with Gasteiger partial charge in [-0.15, -0.1) is 0 Å². The van der Waals surface area contributed by atoms with E-state index in [0.717, 1.165) is 11.4 Å². The van der Waals surface area contributed by atoms with Crippen LogP contribution in [0.4, 0.5) is 5.69 Å². The highest BCUT2D eigenvalue weighted by molar-refractivity contribution is 5.72. The van der Waals surface area contributed by atoms with E-state index >= 15 is 0 Å². The molecule has 1 unspecified atom stereocenters. The molecule has 1 heterocycles. The molecule has 31 heavy (non-hydrogen) atoms. The summed E-state index contributed by atoms with van der Waals surface area (Å²) in [6.45, 7) is 13.9. The van der Waals surface area contributed by atoms with Gasteiger partial charge < -0.3 is 0 Å². The maximum Gasteiger partial charge on any atom is 0.0961 e. The average Bonchev–Trinajstić information content (AvgIpc) is 3.19. The molecule has 0 aromatic heterocycles. The Bertz CT molecular complexity index is 1070. The summed E-state index contributed by atoms with van der Waals surface area (Å²) in [7, 11) is 0. The maximum absolute atomic E-state index is 3.70. The molecule has 1 aliphatic rings.